The van der Waals surface area contributed by atoms with E-state index >= 15 is 0 Å². The van der Waals surface area contributed by atoms with Crippen LogP contribution in [0, 0.1) is 45.1 Å². The van der Waals surface area contributed by atoms with Crippen LogP contribution in [0.3, 0.4) is 0 Å². The number of hydrogen-bond donors (Lipinski definition) is 3. The topological polar surface area (TPSA) is 158 Å². The smallest absolute Gasteiger partial charge is 0.404 e. The Bertz CT molecular complexity index is 1050. The predicted molar refractivity (Wildman–Crippen MR) is 157 cm³/mol. The van der Waals surface area contributed by atoms with Crippen LogP contribution in [0.1, 0.15) is 92.4 Å². The number of Topliss-reactive ketones (excluding diaryl/α,β-unsaturated/α-hetero) is 1. The second kappa shape index (κ2) is 12.8. The lowest BCUT2D eigenvalue weighted by Gasteiger charge is -2.64. The molecule has 0 spiro atoms. The van der Waals surface area contributed by atoms with Gasteiger partial charge in [0, 0.05) is 25.3 Å². The van der Waals surface area contributed by atoms with Gasteiger partial charge in [-0.25, -0.2) is 15.1 Å². The molecule has 1 unspecified atom stereocenters. The zero-order chi connectivity index (χ0) is 29.9. The summed E-state index contributed by atoms with van der Waals surface area (Å²) in [5.74, 6) is 0.291. The highest BCUT2D eigenvalue weighted by Gasteiger charge is 2.68. The first-order chi connectivity index (χ1) is 19.3. The number of carbonyl (C=O) groups is 2. The number of carbonyl (C=O) groups excluding carboxylic acids is 2. The summed E-state index contributed by atoms with van der Waals surface area (Å²) < 4.78 is 13.2. The lowest BCUT2D eigenvalue weighted by Crippen LogP contribution is -2.65. The van der Waals surface area contributed by atoms with Gasteiger partial charge < -0.3 is 20.4 Å². The van der Waals surface area contributed by atoms with Gasteiger partial charge in [0.15, 0.2) is 5.03 Å². The van der Waals surface area contributed by atoms with Crippen molar-refractivity contribution in [2.24, 2.45) is 45.7 Å². The lowest BCUT2D eigenvalue weighted by atomic mass is 9.43. The molecule has 1 aliphatic heterocycles. The van der Waals surface area contributed by atoms with Crippen LogP contribution in [0.4, 0.5) is 0 Å². The van der Waals surface area contributed by atoms with Gasteiger partial charge in [0.25, 0.3) is 5.96 Å². The molecule has 0 aromatic carbocycles. The maximum absolute atomic E-state index is 13.8. The van der Waals surface area contributed by atoms with E-state index in [1.807, 2.05) is 5.43 Å². The molecule has 5 aliphatic rings. The van der Waals surface area contributed by atoms with Crippen LogP contribution in [-0.4, -0.2) is 54.0 Å². The van der Waals surface area contributed by atoms with Gasteiger partial charge in [-0.1, -0.05) is 45.3 Å². The number of amides is 1. The van der Waals surface area contributed by atoms with Crippen LogP contribution in [-0.2, 0) is 18.9 Å². The molecule has 4 N–H and O–H groups in total. The molecule has 1 heterocycles. The number of nitrogens with two attached hydrogens (primary N) is 1. The molecule has 3 saturated carbocycles. The molecular formula is C29H48BN5O6. The molecule has 0 aromatic heterocycles. The molecular weight excluding hydrogens is 525 g/mol. The molecule has 5 rings (SSSR count). The average molecular weight is 574 g/mol. The summed E-state index contributed by atoms with van der Waals surface area (Å²) in [5, 5.41) is 13.0. The summed E-state index contributed by atoms with van der Waals surface area (Å²) in [6.07, 6.45) is 10.4. The van der Waals surface area contributed by atoms with E-state index in [1.54, 1.807) is 0 Å². The predicted octanol–water partition coefficient (Wildman–Crippen LogP) is 3.59. The van der Waals surface area contributed by atoms with E-state index in [-0.39, 0.29) is 59.6 Å². The van der Waals surface area contributed by atoms with Crippen molar-refractivity contribution in [1.29, 1.82) is 0 Å². The van der Waals surface area contributed by atoms with Gasteiger partial charge in [-0.15, -0.1) is 0 Å². The van der Waals surface area contributed by atoms with E-state index < -0.39 is 18.1 Å². The molecule has 1 amide bonds. The average Bonchev–Trinajstić information content (AvgIpc) is 3.51. The first kappa shape index (κ1) is 31.5. The molecule has 228 valence electrons. The number of hydrogen-bond acceptors (Lipinski definition) is 7. The van der Waals surface area contributed by atoms with Crippen LogP contribution in [0.2, 0.25) is 0 Å². The number of hydrazine groups is 1. The third-order valence-electron chi connectivity index (χ3n) is 10.00. The summed E-state index contributed by atoms with van der Waals surface area (Å²) in [7, 11) is -0.538. The van der Waals surface area contributed by atoms with Crippen LogP contribution >= 0.6 is 0 Å². The number of aliphatic imine (C=N–C) groups is 1. The third kappa shape index (κ3) is 7.31. The van der Waals surface area contributed by atoms with Gasteiger partial charge in [0.1, 0.15) is 5.78 Å². The Morgan fingerprint density at radius 1 is 1.27 bits per heavy atom. The maximum Gasteiger partial charge on any atom is 0.481 e. The van der Waals surface area contributed by atoms with Crippen molar-refractivity contribution < 1.29 is 23.9 Å². The monoisotopic (exact) mass is 573 g/mol. The largest absolute Gasteiger partial charge is 0.481 e. The van der Waals surface area contributed by atoms with Gasteiger partial charge in [-0.3, -0.25) is 9.59 Å². The van der Waals surface area contributed by atoms with Crippen LogP contribution in [0.25, 0.3) is 0 Å². The molecule has 0 radical (unpaired) electrons. The van der Waals surface area contributed by atoms with E-state index in [1.165, 1.54) is 0 Å². The SMILES string of the molecule is CC(C)C[C@H](NC(=O)[C@H](CCCN=C(N)N[N+](=O)[O-])CC(=O)CC1C=CCC1)B1O[C@@H]2C[C@@H]3C[C@@H](C3(C)C)[C@]2(C)O1. The van der Waals surface area contributed by atoms with E-state index in [0.29, 0.717) is 43.4 Å². The van der Waals surface area contributed by atoms with Crippen molar-refractivity contribution in [3.05, 3.63) is 22.3 Å². The third-order valence-corrected chi connectivity index (χ3v) is 10.00. The zero-order valence-electron chi connectivity index (χ0n) is 25.3. The van der Waals surface area contributed by atoms with E-state index in [2.05, 4.69) is 57.1 Å². The Labute approximate surface area is 244 Å². The van der Waals surface area contributed by atoms with Crippen molar-refractivity contribution in [3.8, 4) is 0 Å². The standard InChI is InChI=1S/C29H48BN5O6/c1-18(2)13-25(30-40-24-17-21-16-23(28(21,3)4)29(24,5)41-30)33-26(37)20(11-8-12-32-27(31)34-35(38)39)15-22(36)14-19-9-6-7-10-19/h6,9,18-21,23-25H,7-8,10-17H2,1-5H3,(H,33,37)(H3,31,32,34)/t19?,20-,21+,23+,24-,25+,29+/m1/s1. The maximum atomic E-state index is 13.8. The molecule has 7 atom stereocenters. The van der Waals surface area contributed by atoms with Gasteiger partial charge in [0.05, 0.1) is 17.6 Å². The van der Waals surface area contributed by atoms with Crippen LogP contribution < -0.4 is 16.5 Å². The van der Waals surface area contributed by atoms with Crippen molar-refractivity contribution in [2.45, 2.75) is 110 Å². The van der Waals surface area contributed by atoms with Gasteiger partial charge in [0.2, 0.25) is 5.91 Å². The molecule has 11 nitrogen and oxygen atoms in total. The Hall–Kier alpha value is -2.47. The molecule has 12 heteroatoms. The van der Waals surface area contributed by atoms with Crippen LogP contribution in [0.5, 0.6) is 0 Å². The van der Waals surface area contributed by atoms with Gasteiger partial charge in [-0.05, 0) is 81.0 Å². The Balaban J connectivity index is 1.42. The normalized spacial score (nSPS) is 31.4. The minimum Gasteiger partial charge on any atom is -0.404 e. The van der Waals surface area contributed by atoms with Crippen molar-refractivity contribution >= 4 is 24.8 Å². The minimum atomic E-state index is -0.770. The van der Waals surface area contributed by atoms with Gasteiger partial charge >= 0.3 is 7.12 Å². The number of nitro groups is 1. The van der Waals surface area contributed by atoms with Crippen molar-refractivity contribution in [2.75, 3.05) is 6.54 Å². The molecule has 41 heavy (non-hydrogen) atoms. The zero-order valence-corrected chi connectivity index (χ0v) is 25.3. The molecule has 2 bridgehead atoms. The second-order valence-electron chi connectivity index (χ2n) is 13.8. The highest BCUT2D eigenvalue weighted by molar-refractivity contribution is 6.47. The molecule has 0 aromatic rings. The highest BCUT2D eigenvalue weighted by Crippen LogP contribution is 2.65. The fraction of sp³-hybridized carbons (Fsp3) is 0.828. The summed E-state index contributed by atoms with van der Waals surface area (Å²) in [6.45, 7) is 11.3. The fourth-order valence-corrected chi connectivity index (χ4v) is 7.63. The van der Waals surface area contributed by atoms with E-state index in [4.69, 9.17) is 15.0 Å². The summed E-state index contributed by atoms with van der Waals surface area (Å²) >= 11 is 0. The first-order valence-corrected chi connectivity index (χ1v) is 15.3. The lowest BCUT2D eigenvalue weighted by molar-refractivity contribution is -0.525. The Morgan fingerprint density at radius 2 is 2.02 bits per heavy atom. The first-order valence-electron chi connectivity index (χ1n) is 15.3. The highest BCUT2D eigenvalue weighted by atomic mass is 16.7. The van der Waals surface area contributed by atoms with Crippen molar-refractivity contribution in [1.82, 2.24) is 10.7 Å². The summed E-state index contributed by atoms with van der Waals surface area (Å²) in [5.41, 5.74) is 7.20. The van der Waals surface area contributed by atoms with Crippen molar-refractivity contribution in [3.63, 3.8) is 0 Å². The number of rotatable bonds is 14. The number of nitrogens with zero attached hydrogens (tertiary/aromatic N) is 2. The van der Waals surface area contributed by atoms with Crippen LogP contribution in [0.15, 0.2) is 17.1 Å². The van der Waals surface area contributed by atoms with E-state index in [9.17, 15) is 19.7 Å². The summed E-state index contributed by atoms with van der Waals surface area (Å²) in [4.78, 5) is 41.3. The molecule has 4 fully saturated rings. The fourth-order valence-electron chi connectivity index (χ4n) is 7.63. The number of ketones is 1. The Kier molecular flexibility index (Phi) is 9.83. The minimum absolute atomic E-state index is 0.0174. The number of guanidine groups is 1. The number of allylic oxidation sites excluding steroid dienone is 2. The quantitative estimate of drug-likeness (QED) is 0.0541. The van der Waals surface area contributed by atoms with E-state index in [0.717, 1.165) is 25.7 Å². The van der Waals surface area contributed by atoms with Gasteiger partial charge in [-0.2, -0.15) is 0 Å². The second-order valence-corrected chi connectivity index (χ2v) is 13.8. The molecule has 4 aliphatic carbocycles. The Morgan fingerprint density at radius 3 is 2.66 bits per heavy atom. The summed E-state index contributed by atoms with van der Waals surface area (Å²) in [6, 6.07) is 0. The molecule has 1 saturated heterocycles. The number of nitrogens with one attached hydrogen (secondary N) is 2.